The number of nitrogens with one attached hydrogen (secondary N) is 1. The van der Waals surface area contributed by atoms with Gasteiger partial charge in [0, 0.05) is 11.1 Å². The third-order valence-corrected chi connectivity index (χ3v) is 4.60. The van der Waals surface area contributed by atoms with Gasteiger partial charge in [0.25, 0.3) is 0 Å². The number of halogens is 1. The molecule has 1 heterocycles. The zero-order valence-electron chi connectivity index (χ0n) is 11.6. The molecule has 0 fully saturated rings. The molecule has 22 heavy (non-hydrogen) atoms. The van der Waals surface area contributed by atoms with Gasteiger partial charge in [0.15, 0.2) is 11.5 Å². The molecule has 0 spiro atoms. The van der Waals surface area contributed by atoms with Crippen LogP contribution in [0.25, 0.3) is 0 Å². The molecule has 1 N–H and O–H groups in total. The first-order valence-electron chi connectivity index (χ1n) is 6.66. The molecular weight excluding hydrogens is 326 g/mol. The number of rotatable bonds is 4. The fourth-order valence-corrected chi connectivity index (χ4v) is 3.44. The SMILES string of the molecule is O=S(=O)(Cc1ccc(Cl)cc1)Nc1ccc2c(c1)OCCO2. The highest BCUT2D eigenvalue weighted by Crippen LogP contribution is 2.33. The lowest BCUT2D eigenvalue weighted by Crippen LogP contribution is -2.17. The third-order valence-electron chi connectivity index (χ3n) is 3.09. The Balaban J connectivity index is 1.75. The van der Waals surface area contributed by atoms with Crippen molar-refractivity contribution in [1.29, 1.82) is 0 Å². The first kappa shape index (κ1) is 15.0. The molecule has 5 nitrogen and oxygen atoms in total. The standard InChI is InChI=1S/C15H14ClNO4S/c16-12-3-1-11(2-4-12)10-22(18,19)17-13-5-6-14-15(9-13)21-8-7-20-14/h1-6,9,17H,7-8,10H2. The van der Waals surface area contributed by atoms with E-state index in [1.165, 1.54) is 0 Å². The van der Waals surface area contributed by atoms with Crippen molar-refractivity contribution in [1.82, 2.24) is 0 Å². The molecule has 2 aromatic rings. The van der Waals surface area contributed by atoms with Crippen LogP contribution in [-0.4, -0.2) is 21.6 Å². The van der Waals surface area contributed by atoms with Crippen LogP contribution in [0.4, 0.5) is 5.69 Å². The highest BCUT2D eigenvalue weighted by atomic mass is 35.5. The van der Waals surface area contributed by atoms with Crippen molar-refractivity contribution >= 4 is 27.3 Å². The molecular formula is C15H14ClNO4S. The molecule has 3 rings (SSSR count). The van der Waals surface area contributed by atoms with Crippen LogP contribution in [0.2, 0.25) is 5.02 Å². The summed E-state index contributed by atoms with van der Waals surface area (Å²) in [6.07, 6.45) is 0. The van der Waals surface area contributed by atoms with Crippen molar-refractivity contribution in [2.45, 2.75) is 5.75 Å². The first-order valence-corrected chi connectivity index (χ1v) is 8.69. The molecule has 0 amide bonds. The summed E-state index contributed by atoms with van der Waals surface area (Å²) < 4.78 is 37.8. The van der Waals surface area contributed by atoms with Crippen molar-refractivity contribution in [2.75, 3.05) is 17.9 Å². The van der Waals surface area contributed by atoms with Gasteiger partial charge >= 0.3 is 0 Å². The zero-order chi connectivity index (χ0) is 15.6. The molecule has 7 heteroatoms. The zero-order valence-corrected chi connectivity index (χ0v) is 13.2. The summed E-state index contributed by atoms with van der Waals surface area (Å²) in [5.41, 5.74) is 1.10. The van der Waals surface area contributed by atoms with Gasteiger partial charge in [0.05, 0.1) is 11.4 Å². The van der Waals surface area contributed by atoms with Crippen LogP contribution in [-0.2, 0) is 15.8 Å². The van der Waals surface area contributed by atoms with Crippen LogP contribution in [0, 0.1) is 0 Å². The minimum absolute atomic E-state index is 0.126. The third kappa shape index (κ3) is 3.64. The number of fused-ring (bicyclic) bond motifs is 1. The minimum atomic E-state index is -3.52. The van der Waals surface area contributed by atoms with E-state index in [0.717, 1.165) is 0 Å². The summed E-state index contributed by atoms with van der Waals surface area (Å²) in [6.45, 7) is 0.947. The molecule has 0 aromatic heterocycles. The van der Waals surface area contributed by atoms with E-state index in [2.05, 4.69) is 4.72 Å². The maximum Gasteiger partial charge on any atom is 0.236 e. The summed E-state index contributed by atoms with van der Waals surface area (Å²) in [5.74, 6) is 1.03. The van der Waals surface area contributed by atoms with Crippen molar-refractivity contribution in [3.8, 4) is 11.5 Å². The van der Waals surface area contributed by atoms with E-state index in [1.54, 1.807) is 42.5 Å². The molecule has 0 saturated carbocycles. The fourth-order valence-electron chi connectivity index (χ4n) is 2.12. The van der Waals surface area contributed by atoms with Gasteiger partial charge < -0.3 is 9.47 Å². The van der Waals surface area contributed by atoms with E-state index in [1.807, 2.05) is 0 Å². The molecule has 2 aromatic carbocycles. The second kappa shape index (κ2) is 6.06. The van der Waals surface area contributed by atoms with Crippen LogP contribution in [0.15, 0.2) is 42.5 Å². The second-order valence-corrected chi connectivity index (χ2v) is 7.00. The second-order valence-electron chi connectivity index (χ2n) is 4.85. The Morgan fingerprint density at radius 2 is 1.68 bits per heavy atom. The van der Waals surface area contributed by atoms with Crippen LogP contribution in [0.3, 0.4) is 0 Å². The topological polar surface area (TPSA) is 64.6 Å². The predicted octanol–water partition coefficient (Wildman–Crippen LogP) is 3.05. The normalized spacial score (nSPS) is 13.7. The summed E-state index contributed by atoms with van der Waals surface area (Å²) in [7, 11) is -3.52. The first-order chi connectivity index (χ1) is 10.5. The van der Waals surface area contributed by atoms with E-state index in [4.69, 9.17) is 21.1 Å². The van der Waals surface area contributed by atoms with E-state index in [9.17, 15) is 8.42 Å². The average molecular weight is 340 g/mol. The van der Waals surface area contributed by atoms with Gasteiger partial charge in [-0.3, -0.25) is 4.72 Å². The molecule has 0 aliphatic carbocycles. The molecule has 0 radical (unpaired) electrons. The molecule has 116 valence electrons. The van der Waals surface area contributed by atoms with Gasteiger partial charge in [-0.2, -0.15) is 0 Å². The Morgan fingerprint density at radius 1 is 1.00 bits per heavy atom. The van der Waals surface area contributed by atoms with E-state index < -0.39 is 10.0 Å². The Hall–Kier alpha value is -1.92. The Bertz CT molecular complexity index is 775. The van der Waals surface area contributed by atoms with E-state index >= 15 is 0 Å². The van der Waals surface area contributed by atoms with Crippen LogP contribution >= 0.6 is 11.6 Å². The number of hydrogen-bond donors (Lipinski definition) is 1. The van der Waals surface area contributed by atoms with Gasteiger partial charge in [0.1, 0.15) is 13.2 Å². The summed E-state index contributed by atoms with van der Waals surface area (Å²) in [5, 5.41) is 0.570. The predicted molar refractivity (Wildman–Crippen MR) is 85.1 cm³/mol. The number of benzene rings is 2. The number of ether oxygens (including phenoxy) is 2. The van der Waals surface area contributed by atoms with Crippen LogP contribution in [0.5, 0.6) is 11.5 Å². The van der Waals surface area contributed by atoms with Crippen molar-refractivity contribution in [3.05, 3.63) is 53.1 Å². The largest absolute Gasteiger partial charge is 0.486 e. The van der Waals surface area contributed by atoms with Crippen molar-refractivity contribution < 1.29 is 17.9 Å². The molecule has 0 atom stereocenters. The lowest BCUT2D eigenvalue weighted by Gasteiger charge is -2.19. The van der Waals surface area contributed by atoms with Gasteiger partial charge in [0.2, 0.25) is 10.0 Å². The van der Waals surface area contributed by atoms with Gasteiger partial charge in [-0.1, -0.05) is 23.7 Å². The van der Waals surface area contributed by atoms with Crippen molar-refractivity contribution in [2.24, 2.45) is 0 Å². The monoisotopic (exact) mass is 339 g/mol. The Morgan fingerprint density at radius 3 is 2.41 bits per heavy atom. The maximum atomic E-state index is 12.2. The summed E-state index contributed by atoms with van der Waals surface area (Å²) in [6, 6.07) is 11.7. The molecule has 0 bridgehead atoms. The Labute approximate surface area is 133 Å². The smallest absolute Gasteiger partial charge is 0.236 e. The molecule has 1 aliphatic rings. The molecule has 0 unspecified atom stereocenters. The van der Waals surface area contributed by atoms with Crippen LogP contribution < -0.4 is 14.2 Å². The lowest BCUT2D eigenvalue weighted by atomic mass is 10.2. The minimum Gasteiger partial charge on any atom is -0.486 e. The van der Waals surface area contributed by atoms with Gasteiger partial charge in [-0.15, -0.1) is 0 Å². The number of sulfonamides is 1. The maximum absolute atomic E-state index is 12.2. The number of hydrogen-bond acceptors (Lipinski definition) is 4. The number of anilines is 1. The Kier molecular flexibility index (Phi) is 4.13. The quantitative estimate of drug-likeness (QED) is 0.929. The fraction of sp³-hybridized carbons (Fsp3) is 0.200. The summed E-state index contributed by atoms with van der Waals surface area (Å²) in [4.78, 5) is 0. The molecule has 0 saturated heterocycles. The highest BCUT2D eigenvalue weighted by Gasteiger charge is 2.16. The summed E-state index contributed by atoms with van der Waals surface area (Å²) >= 11 is 5.79. The average Bonchev–Trinajstić information content (AvgIpc) is 2.49. The van der Waals surface area contributed by atoms with Gasteiger partial charge in [-0.25, -0.2) is 8.42 Å². The van der Waals surface area contributed by atoms with Gasteiger partial charge in [-0.05, 0) is 29.8 Å². The van der Waals surface area contributed by atoms with E-state index in [0.29, 0.717) is 41.0 Å². The van der Waals surface area contributed by atoms with Crippen molar-refractivity contribution in [3.63, 3.8) is 0 Å². The van der Waals surface area contributed by atoms with E-state index in [-0.39, 0.29) is 5.75 Å². The van der Waals surface area contributed by atoms with Crippen LogP contribution in [0.1, 0.15) is 5.56 Å². The molecule has 1 aliphatic heterocycles. The lowest BCUT2D eigenvalue weighted by molar-refractivity contribution is 0.171. The highest BCUT2D eigenvalue weighted by molar-refractivity contribution is 7.91.